The maximum Gasteiger partial charge on any atom is 0.327 e. The third-order valence-electron chi connectivity index (χ3n) is 4.58. The molecule has 3 amide bonds. The maximum absolute atomic E-state index is 12.5. The number of thiazole rings is 1. The van der Waals surface area contributed by atoms with Gasteiger partial charge in [-0.1, -0.05) is 0 Å². The van der Waals surface area contributed by atoms with E-state index in [0.29, 0.717) is 19.4 Å². The SMILES string of the molecule is CCN1C(=O)N(C)C(=O)C12CCN(Cc1nccs1)CC2. The third-order valence-corrected chi connectivity index (χ3v) is 5.34. The molecule has 3 rings (SSSR count). The van der Waals surface area contributed by atoms with E-state index in [-0.39, 0.29) is 11.9 Å². The van der Waals surface area contributed by atoms with E-state index in [1.54, 1.807) is 23.3 Å². The number of likely N-dealkylation sites (tertiary alicyclic amines) is 1. The summed E-state index contributed by atoms with van der Waals surface area (Å²) >= 11 is 1.65. The zero-order valence-electron chi connectivity index (χ0n) is 12.4. The van der Waals surface area contributed by atoms with Crippen molar-refractivity contribution < 1.29 is 9.59 Å². The number of carbonyl (C=O) groups excluding carboxylic acids is 2. The molecule has 0 bridgehead atoms. The summed E-state index contributed by atoms with van der Waals surface area (Å²) in [6.07, 6.45) is 3.24. The Balaban J connectivity index is 1.71. The molecule has 2 saturated heterocycles. The molecule has 1 aromatic rings. The number of nitrogens with zero attached hydrogens (tertiary/aromatic N) is 4. The molecule has 0 radical (unpaired) electrons. The van der Waals surface area contributed by atoms with Crippen LogP contribution >= 0.6 is 11.3 Å². The van der Waals surface area contributed by atoms with Crippen LogP contribution in [0, 0.1) is 0 Å². The number of likely N-dealkylation sites (N-methyl/N-ethyl adjacent to an activating group) is 2. The molecular weight excluding hydrogens is 288 g/mol. The number of hydrogen-bond donors (Lipinski definition) is 0. The zero-order chi connectivity index (χ0) is 15.0. The molecule has 2 fully saturated rings. The van der Waals surface area contributed by atoms with Gasteiger partial charge in [-0.25, -0.2) is 9.78 Å². The molecule has 114 valence electrons. The van der Waals surface area contributed by atoms with Gasteiger partial charge in [0.25, 0.3) is 5.91 Å². The van der Waals surface area contributed by atoms with Gasteiger partial charge in [0, 0.05) is 38.3 Å². The Labute approximate surface area is 128 Å². The highest BCUT2D eigenvalue weighted by molar-refractivity contribution is 7.09. The van der Waals surface area contributed by atoms with Crippen LogP contribution in [-0.4, -0.2) is 63.8 Å². The summed E-state index contributed by atoms with van der Waals surface area (Å²) < 4.78 is 0. The van der Waals surface area contributed by atoms with Crippen molar-refractivity contribution in [2.24, 2.45) is 0 Å². The molecule has 1 spiro atoms. The molecule has 0 aliphatic carbocycles. The van der Waals surface area contributed by atoms with Crippen LogP contribution in [0.4, 0.5) is 4.79 Å². The molecule has 2 aliphatic heterocycles. The van der Waals surface area contributed by atoms with Gasteiger partial charge in [-0.2, -0.15) is 0 Å². The van der Waals surface area contributed by atoms with E-state index in [4.69, 9.17) is 0 Å². The van der Waals surface area contributed by atoms with Gasteiger partial charge in [0.15, 0.2) is 0 Å². The second-order valence-corrected chi connectivity index (χ2v) is 6.60. The van der Waals surface area contributed by atoms with E-state index in [1.807, 2.05) is 18.5 Å². The van der Waals surface area contributed by atoms with E-state index in [2.05, 4.69) is 9.88 Å². The molecule has 7 heteroatoms. The Kier molecular flexibility index (Phi) is 3.71. The van der Waals surface area contributed by atoms with Crippen LogP contribution in [-0.2, 0) is 11.3 Å². The monoisotopic (exact) mass is 308 g/mol. The lowest BCUT2D eigenvalue weighted by atomic mass is 9.86. The van der Waals surface area contributed by atoms with Gasteiger partial charge in [-0.05, 0) is 19.8 Å². The molecule has 21 heavy (non-hydrogen) atoms. The Morgan fingerprint density at radius 1 is 1.33 bits per heavy atom. The first-order valence-electron chi connectivity index (χ1n) is 7.29. The average molecular weight is 308 g/mol. The van der Waals surface area contributed by atoms with E-state index in [1.165, 1.54) is 4.90 Å². The molecule has 2 aliphatic rings. The fourth-order valence-corrected chi connectivity index (χ4v) is 4.06. The Morgan fingerprint density at radius 2 is 2.05 bits per heavy atom. The summed E-state index contributed by atoms with van der Waals surface area (Å²) in [5.41, 5.74) is -0.611. The van der Waals surface area contributed by atoms with Crippen molar-refractivity contribution in [3.8, 4) is 0 Å². The quantitative estimate of drug-likeness (QED) is 0.792. The minimum atomic E-state index is -0.611. The van der Waals surface area contributed by atoms with Crippen molar-refractivity contribution in [1.82, 2.24) is 19.7 Å². The van der Waals surface area contributed by atoms with Crippen molar-refractivity contribution >= 4 is 23.3 Å². The van der Waals surface area contributed by atoms with Crippen LogP contribution in [0.2, 0.25) is 0 Å². The molecule has 0 unspecified atom stereocenters. The second kappa shape index (κ2) is 5.38. The smallest absolute Gasteiger partial charge is 0.310 e. The number of hydrogen-bond acceptors (Lipinski definition) is 5. The number of rotatable bonds is 3. The minimum absolute atomic E-state index is 0.0387. The predicted octanol–water partition coefficient (Wildman–Crippen LogP) is 1.39. The second-order valence-electron chi connectivity index (χ2n) is 5.62. The number of carbonyl (C=O) groups is 2. The normalized spacial score (nSPS) is 22.6. The van der Waals surface area contributed by atoms with Crippen LogP contribution in [0.1, 0.15) is 24.8 Å². The number of amides is 3. The van der Waals surface area contributed by atoms with E-state index >= 15 is 0 Å². The summed E-state index contributed by atoms with van der Waals surface area (Å²) in [6, 6.07) is -0.157. The Hall–Kier alpha value is -1.47. The van der Waals surface area contributed by atoms with Crippen molar-refractivity contribution in [1.29, 1.82) is 0 Å². The highest BCUT2D eigenvalue weighted by Gasteiger charge is 2.56. The lowest BCUT2D eigenvalue weighted by Crippen LogP contribution is -2.56. The highest BCUT2D eigenvalue weighted by Crippen LogP contribution is 2.36. The first-order chi connectivity index (χ1) is 10.1. The predicted molar refractivity (Wildman–Crippen MR) is 79.9 cm³/mol. The summed E-state index contributed by atoms with van der Waals surface area (Å²) in [4.78, 5) is 34.3. The van der Waals surface area contributed by atoms with E-state index in [9.17, 15) is 9.59 Å². The summed E-state index contributed by atoms with van der Waals surface area (Å²) in [5, 5.41) is 3.08. The fraction of sp³-hybridized carbons (Fsp3) is 0.643. The van der Waals surface area contributed by atoms with Gasteiger partial charge in [-0.15, -0.1) is 11.3 Å². The molecule has 0 atom stereocenters. The van der Waals surface area contributed by atoms with Crippen molar-refractivity contribution in [3.05, 3.63) is 16.6 Å². The summed E-state index contributed by atoms with van der Waals surface area (Å²) in [6.45, 7) is 5.00. The average Bonchev–Trinajstić information content (AvgIpc) is 3.05. The van der Waals surface area contributed by atoms with Crippen molar-refractivity contribution in [3.63, 3.8) is 0 Å². The summed E-state index contributed by atoms with van der Waals surface area (Å²) in [7, 11) is 1.59. The lowest BCUT2D eigenvalue weighted by molar-refractivity contribution is -0.134. The molecule has 1 aromatic heterocycles. The van der Waals surface area contributed by atoms with Gasteiger partial charge < -0.3 is 4.90 Å². The first kappa shape index (κ1) is 14.5. The van der Waals surface area contributed by atoms with E-state index in [0.717, 1.165) is 24.6 Å². The van der Waals surface area contributed by atoms with Crippen LogP contribution in [0.3, 0.4) is 0 Å². The molecule has 3 heterocycles. The van der Waals surface area contributed by atoms with Crippen LogP contribution in [0.15, 0.2) is 11.6 Å². The van der Waals surface area contributed by atoms with Gasteiger partial charge in [0.1, 0.15) is 10.5 Å². The van der Waals surface area contributed by atoms with Crippen molar-refractivity contribution in [2.75, 3.05) is 26.7 Å². The molecular formula is C14H20N4O2S. The standard InChI is InChI=1S/C14H20N4O2S/c1-3-18-13(20)16(2)12(19)14(18)4-7-17(8-5-14)10-11-15-6-9-21-11/h6,9H,3-5,7-8,10H2,1-2H3. The first-order valence-corrected chi connectivity index (χ1v) is 8.17. The fourth-order valence-electron chi connectivity index (χ4n) is 3.40. The van der Waals surface area contributed by atoms with Crippen LogP contribution < -0.4 is 0 Å². The Morgan fingerprint density at radius 3 is 2.62 bits per heavy atom. The zero-order valence-corrected chi connectivity index (χ0v) is 13.2. The topological polar surface area (TPSA) is 56.8 Å². The van der Waals surface area contributed by atoms with Gasteiger partial charge in [0.2, 0.25) is 0 Å². The lowest BCUT2D eigenvalue weighted by Gasteiger charge is -2.41. The number of imide groups is 1. The number of urea groups is 1. The largest absolute Gasteiger partial charge is 0.327 e. The summed E-state index contributed by atoms with van der Waals surface area (Å²) in [5.74, 6) is -0.0387. The number of aromatic nitrogens is 1. The molecule has 0 saturated carbocycles. The van der Waals surface area contributed by atoms with Gasteiger partial charge in [0.05, 0.1) is 6.54 Å². The third kappa shape index (κ3) is 2.24. The molecule has 6 nitrogen and oxygen atoms in total. The Bertz CT molecular complexity index is 537. The van der Waals surface area contributed by atoms with Gasteiger partial charge >= 0.3 is 6.03 Å². The van der Waals surface area contributed by atoms with E-state index < -0.39 is 5.54 Å². The van der Waals surface area contributed by atoms with Crippen molar-refractivity contribution in [2.45, 2.75) is 31.8 Å². The van der Waals surface area contributed by atoms with Crippen LogP contribution in [0.25, 0.3) is 0 Å². The molecule has 0 N–H and O–H groups in total. The van der Waals surface area contributed by atoms with Crippen LogP contribution in [0.5, 0.6) is 0 Å². The highest BCUT2D eigenvalue weighted by atomic mass is 32.1. The number of piperidine rings is 1. The molecule has 0 aromatic carbocycles. The van der Waals surface area contributed by atoms with Gasteiger partial charge in [-0.3, -0.25) is 14.6 Å². The minimum Gasteiger partial charge on any atom is -0.310 e. The maximum atomic E-state index is 12.5.